The Morgan fingerprint density at radius 2 is 1.76 bits per heavy atom. The van der Waals surface area contributed by atoms with Crippen LogP contribution < -0.4 is 5.32 Å². The molecule has 160 valence electrons. The minimum atomic E-state index is -0.0891. The number of rotatable bonds is 6. The maximum atomic E-state index is 13.0. The second-order valence-electron chi connectivity index (χ2n) is 8.26. The topological polar surface area (TPSA) is 52.7 Å². The standard InChI is InChI=1S/C22H31Cl2N3O2/c1-3-15(2)25-21(28)20(16-6-4-5-7-16)26-10-12-27(13-11-26)22(29)17-8-9-18(23)19(24)14-17/h8-9,14-16,20H,3-7,10-13H2,1-2H3,(H,25,28)/t15-,20-/m0/s1. The van der Waals surface area contributed by atoms with E-state index < -0.39 is 0 Å². The maximum absolute atomic E-state index is 13.0. The zero-order valence-corrected chi connectivity index (χ0v) is 18.8. The van der Waals surface area contributed by atoms with Crippen molar-refractivity contribution in [3.05, 3.63) is 33.8 Å². The molecule has 5 nitrogen and oxygen atoms in total. The normalized spacial score (nSPS) is 20.5. The second-order valence-corrected chi connectivity index (χ2v) is 9.08. The van der Waals surface area contributed by atoms with Crippen molar-refractivity contribution in [2.24, 2.45) is 5.92 Å². The summed E-state index contributed by atoms with van der Waals surface area (Å²) in [5.41, 5.74) is 0.551. The third-order valence-corrected chi connectivity index (χ3v) is 7.02. The van der Waals surface area contributed by atoms with Crippen molar-refractivity contribution in [2.45, 2.75) is 58.0 Å². The molecule has 0 spiro atoms. The highest BCUT2D eigenvalue weighted by molar-refractivity contribution is 6.42. The van der Waals surface area contributed by atoms with Crippen LogP contribution in [-0.2, 0) is 4.79 Å². The van der Waals surface area contributed by atoms with E-state index in [4.69, 9.17) is 23.2 Å². The molecule has 1 aliphatic carbocycles. The first-order valence-electron chi connectivity index (χ1n) is 10.7. The first kappa shape index (κ1) is 22.4. The molecule has 2 atom stereocenters. The lowest BCUT2D eigenvalue weighted by atomic mass is 9.94. The lowest BCUT2D eigenvalue weighted by Gasteiger charge is -2.41. The van der Waals surface area contributed by atoms with Gasteiger partial charge in [0.05, 0.1) is 16.1 Å². The van der Waals surface area contributed by atoms with E-state index in [-0.39, 0.29) is 23.9 Å². The van der Waals surface area contributed by atoms with E-state index in [1.54, 1.807) is 18.2 Å². The van der Waals surface area contributed by atoms with Gasteiger partial charge in [-0.3, -0.25) is 14.5 Å². The van der Waals surface area contributed by atoms with Crippen LogP contribution in [0.25, 0.3) is 0 Å². The van der Waals surface area contributed by atoms with Crippen molar-refractivity contribution in [3.8, 4) is 0 Å². The van der Waals surface area contributed by atoms with E-state index in [2.05, 4.69) is 24.1 Å². The number of nitrogens with one attached hydrogen (secondary N) is 1. The Morgan fingerprint density at radius 3 is 2.34 bits per heavy atom. The average molecular weight is 440 g/mol. The Kier molecular flexibility index (Phi) is 7.83. The molecule has 0 aromatic heterocycles. The van der Waals surface area contributed by atoms with Crippen molar-refractivity contribution in [2.75, 3.05) is 26.2 Å². The number of nitrogens with zero attached hydrogens (tertiary/aromatic N) is 2. The molecule has 3 rings (SSSR count). The third-order valence-electron chi connectivity index (χ3n) is 6.28. The lowest BCUT2D eigenvalue weighted by molar-refractivity contribution is -0.129. The summed E-state index contributed by atoms with van der Waals surface area (Å²) in [6.45, 7) is 6.78. The van der Waals surface area contributed by atoms with Gasteiger partial charge in [-0.15, -0.1) is 0 Å². The predicted molar refractivity (Wildman–Crippen MR) is 118 cm³/mol. The molecule has 1 aromatic rings. The lowest BCUT2D eigenvalue weighted by Crippen LogP contribution is -2.58. The van der Waals surface area contributed by atoms with Crippen LogP contribution in [0.15, 0.2) is 18.2 Å². The number of piperazine rings is 1. The Bertz CT molecular complexity index is 729. The molecule has 2 fully saturated rings. The molecule has 0 radical (unpaired) electrons. The van der Waals surface area contributed by atoms with E-state index in [1.165, 1.54) is 12.8 Å². The van der Waals surface area contributed by atoms with Crippen LogP contribution in [0.1, 0.15) is 56.3 Å². The van der Waals surface area contributed by atoms with Crippen molar-refractivity contribution in [3.63, 3.8) is 0 Å². The number of carbonyl (C=O) groups excluding carboxylic acids is 2. The zero-order valence-electron chi connectivity index (χ0n) is 17.3. The van der Waals surface area contributed by atoms with E-state index in [9.17, 15) is 9.59 Å². The molecule has 29 heavy (non-hydrogen) atoms. The average Bonchev–Trinajstić information content (AvgIpc) is 3.24. The van der Waals surface area contributed by atoms with Crippen LogP contribution in [0, 0.1) is 5.92 Å². The Balaban J connectivity index is 1.65. The fourth-order valence-corrected chi connectivity index (χ4v) is 4.69. The molecule has 1 aliphatic heterocycles. The SMILES string of the molecule is CC[C@H](C)NC(=O)[C@H](C1CCCC1)N1CCN(C(=O)c2ccc(Cl)c(Cl)c2)CC1. The van der Waals surface area contributed by atoms with Crippen LogP contribution in [-0.4, -0.2) is 59.9 Å². The minimum Gasteiger partial charge on any atom is -0.352 e. The highest BCUT2D eigenvalue weighted by Crippen LogP contribution is 2.31. The van der Waals surface area contributed by atoms with Crippen LogP contribution in [0.5, 0.6) is 0 Å². The fourth-order valence-electron chi connectivity index (χ4n) is 4.40. The van der Waals surface area contributed by atoms with E-state index >= 15 is 0 Å². The molecule has 1 saturated heterocycles. The van der Waals surface area contributed by atoms with Crippen LogP contribution in [0.2, 0.25) is 10.0 Å². The largest absolute Gasteiger partial charge is 0.352 e. The molecule has 1 N–H and O–H groups in total. The number of halogens is 2. The molecule has 1 aromatic carbocycles. The third kappa shape index (κ3) is 5.44. The van der Waals surface area contributed by atoms with Gasteiger partial charge in [0.15, 0.2) is 0 Å². The Labute approximate surface area is 183 Å². The second kappa shape index (κ2) is 10.1. The van der Waals surface area contributed by atoms with Gasteiger partial charge in [-0.25, -0.2) is 0 Å². The highest BCUT2D eigenvalue weighted by atomic mass is 35.5. The molecule has 0 unspecified atom stereocenters. The van der Waals surface area contributed by atoms with Crippen molar-refractivity contribution in [1.29, 1.82) is 0 Å². The minimum absolute atomic E-state index is 0.0373. The van der Waals surface area contributed by atoms with E-state index in [1.807, 2.05) is 4.90 Å². The molecule has 1 heterocycles. The Hall–Kier alpha value is -1.30. The van der Waals surface area contributed by atoms with Gasteiger partial charge in [-0.1, -0.05) is 43.0 Å². The molecule has 2 amide bonds. The number of amides is 2. The maximum Gasteiger partial charge on any atom is 0.253 e. The van der Waals surface area contributed by atoms with Crippen molar-refractivity contribution >= 4 is 35.0 Å². The summed E-state index contributed by atoms with van der Waals surface area (Å²) in [7, 11) is 0. The number of hydrogen-bond donors (Lipinski definition) is 1. The van der Waals surface area contributed by atoms with E-state index in [0.717, 1.165) is 19.3 Å². The molecular formula is C22H31Cl2N3O2. The van der Waals surface area contributed by atoms with Crippen molar-refractivity contribution < 1.29 is 9.59 Å². The number of benzene rings is 1. The molecule has 0 bridgehead atoms. The first-order chi connectivity index (χ1) is 13.9. The van der Waals surface area contributed by atoms with Gasteiger partial charge in [0, 0.05) is 37.8 Å². The van der Waals surface area contributed by atoms with Gasteiger partial charge in [0.1, 0.15) is 0 Å². The summed E-state index contributed by atoms with van der Waals surface area (Å²) in [4.78, 5) is 30.0. The summed E-state index contributed by atoms with van der Waals surface area (Å²) < 4.78 is 0. The quantitative estimate of drug-likeness (QED) is 0.721. The van der Waals surface area contributed by atoms with Gasteiger partial charge >= 0.3 is 0 Å². The summed E-state index contributed by atoms with van der Waals surface area (Å²) in [6, 6.07) is 5.09. The summed E-state index contributed by atoms with van der Waals surface area (Å²) >= 11 is 12.0. The summed E-state index contributed by atoms with van der Waals surface area (Å²) in [5.74, 6) is 0.525. The van der Waals surface area contributed by atoms with Gasteiger partial charge in [-0.05, 0) is 50.3 Å². The first-order valence-corrected chi connectivity index (χ1v) is 11.4. The van der Waals surface area contributed by atoms with Gasteiger partial charge in [0.25, 0.3) is 5.91 Å². The van der Waals surface area contributed by atoms with Crippen molar-refractivity contribution in [1.82, 2.24) is 15.1 Å². The van der Waals surface area contributed by atoms with Crippen LogP contribution >= 0.6 is 23.2 Å². The summed E-state index contributed by atoms with van der Waals surface area (Å²) in [6.07, 6.45) is 5.55. The monoisotopic (exact) mass is 439 g/mol. The number of hydrogen-bond acceptors (Lipinski definition) is 3. The predicted octanol–water partition coefficient (Wildman–Crippen LogP) is 4.22. The smallest absolute Gasteiger partial charge is 0.253 e. The molecule has 1 saturated carbocycles. The molecule has 7 heteroatoms. The fraction of sp³-hybridized carbons (Fsp3) is 0.636. The number of carbonyl (C=O) groups is 2. The van der Waals surface area contributed by atoms with E-state index in [0.29, 0.717) is 47.7 Å². The van der Waals surface area contributed by atoms with Crippen LogP contribution in [0.4, 0.5) is 0 Å². The zero-order chi connectivity index (χ0) is 21.0. The van der Waals surface area contributed by atoms with Gasteiger partial charge in [0.2, 0.25) is 5.91 Å². The molecular weight excluding hydrogens is 409 g/mol. The summed E-state index contributed by atoms with van der Waals surface area (Å²) in [5, 5.41) is 4.02. The Morgan fingerprint density at radius 1 is 1.10 bits per heavy atom. The van der Waals surface area contributed by atoms with Gasteiger partial charge in [-0.2, -0.15) is 0 Å². The molecule has 2 aliphatic rings. The van der Waals surface area contributed by atoms with Gasteiger partial charge < -0.3 is 10.2 Å². The highest BCUT2D eigenvalue weighted by Gasteiger charge is 2.37. The van der Waals surface area contributed by atoms with Crippen LogP contribution in [0.3, 0.4) is 0 Å².